The molecule has 0 aliphatic heterocycles. The lowest BCUT2D eigenvalue weighted by Crippen LogP contribution is -2.19. The fourth-order valence-electron chi connectivity index (χ4n) is 1.68. The van der Waals surface area contributed by atoms with Crippen LogP contribution < -0.4 is 16.4 Å². The van der Waals surface area contributed by atoms with Crippen molar-refractivity contribution in [1.29, 1.82) is 0 Å². The van der Waals surface area contributed by atoms with Crippen molar-refractivity contribution in [3.8, 4) is 5.75 Å². The smallest absolute Gasteiger partial charge is 0.316 e. The Kier molecular flexibility index (Phi) is 3.85. The van der Waals surface area contributed by atoms with Gasteiger partial charge in [-0.2, -0.15) is 0 Å². The SMILES string of the molecule is NC(=O)Nc1cccc(NC(=O)c2ccccc2O)c1. The lowest BCUT2D eigenvalue weighted by molar-refractivity contribution is 0.102. The Bertz CT molecular complexity index is 656. The van der Waals surface area contributed by atoms with Crippen LogP contribution in [0.4, 0.5) is 16.2 Å². The van der Waals surface area contributed by atoms with Crippen LogP contribution in [0, 0.1) is 0 Å². The zero-order chi connectivity index (χ0) is 14.5. The molecule has 0 aliphatic carbocycles. The Hall–Kier alpha value is -3.02. The Balaban J connectivity index is 2.16. The summed E-state index contributed by atoms with van der Waals surface area (Å²) in [6.45, 7) is 0. The molecule has 0 heterocycles. The van der Waals surface area contributed by atoms with E-state index in [-0.39, 0.29) is 11.3 Å². The van der Waals surface area contributed by atoms with Gasteiger partial charge in [-0.1, -0.05) is 18.2 Å². The number of phenols is 1. The first kappa shape index (κ1) is 13.4. The van der Waals surface area contributed by atoms with Crippen LogP contribution in [0.25, 0.3) is 0 Å². The number of para-hydroxylation sites is 1. The van der Waals surface area contributed by atoms with E-state index in [0.29, 0.717) is 11.4 Å². The Morgan fingerprint density at radius 3 is 2.25 bits per heavy atom. The van der Waals surface area contributed by atoms with E-state index in [2.05, 4.69) is 10.6 Å². The van der Waals surface area contributed by atoms with Gasteiger partial charge in [-0.15, -0.1) is 0 Å². The van der Waals surface area contributed by atoms with Crippen molar-refractivity contribution in [2.75, 3.05) is 10.6 Å². The Morgan fingerprint density at radius 1 is 0.950 bits per heavy atom. The molecule has 0 aliphatic rings. The number of urea groups is 1. The first-order valence-electron chi connectivity index (χ1n) is 5.82. The van der Waals surface area contributed by atoms with Gasteiger partial charge >= 0.3 is 6.03 Å². The molecule has 102 valence electrons. The molecule has 2 aromatic rings. The number of hydrogen-bond acceptors (Lipinski definition) is 3. The molecule has 5 N–H and O–H groups in total. The lowest BCUT2D eigenvalue weighted by Gasteiger charge is -2.08. The first-order valence-corrected chi connectivity index (χ1v) is 5.82. The number of hydrogen-bond donors (Lipinski definition) is 4. The second kappa shape index (κ2) is 5.75. The van der Waals surface area contributed by atoms with Gasteiger partial charge in [0.05, 0.1) is 5.56 Å². The summed E-state index contributed by atoms with van der Waals surface area (Å²) >= 11 is 0. The standard InChI is InChI=1S/C14H13N3O3/c15-14(20)17-10-5-3-4-9(8-10)16-13(19)11-6-1-2-7-12(11)18/h1-8,18H,(H,16,19)(H3,15,17,20). The maximum absolute atomic E-state index is 12.0. The fraction of sp³-hybridized carbons (Fsp3) is 0. The summed E-state index contributed by atoms with van der Waals surface area (Å²) in [7, 11) is 0. The number of aromatic hydroxyl groups is 1. The highest BCUT2D eigenvalue weighted by atomic mass is 16.3. The maximum atomic E-state index is 12.0. The van der Waals surface area contributed by atoms with Crippen LogP contribution >= 0.6 is 0 Å². The van der Waals surface area contributed by atoms with Gasteiger partial charge in [-0.25, -0.2) is 4.79 Å². The molecule has 0 radical (unpaired) electrons. The molecule has 0 bridgehead atoms. The van der Waals surface area contributed by atoms with Crippen molar-refractivity contribution in [2.45, 2.75) is 0 Å². The summed E-state index contributed by atoms with van der Waals surface area (Å²) < 4.78 is 0. The minimum atomic E-state index is -0.686. The van der Waals surface area contributed by atoms with Crippen LogP contribution in [0.3, 0.4) is 0 Å². The van der Waals surface area contributed by atoms with E-state index in [1.807, 2.05) is 0 Å². The summed E-state index contributed by atoms with van der Waals surface area (Å²) in [4.78, 5) is 22.7. The molecular weight excluding hydrogens is 258 g/mol. The number of phenolic OH excluding ortho intramolecular Hbond substituents is 1. The average molecular weight is 271 g/mol. The first-order chi connectivity index (χ1) is 9.56. The topological polar surface area (TPSA) is 104 Å². The van der Waals surface area contributed by atoms with Crippen molar-refractivity contribution in [3.05, 3.63) is 54.1 Å². The van der Waals surface area contributed by atoms with Crippen LogP contribution in [-0.2, 0) is 0 Å². The molecule has 0 saturated carbocycles. The van der Waals surface area contributed by atoms with Gasteiger partial charge < -0.3 is 21.5 Å². The number of benzene rings is 2. The minimum Gasteiger partial charge on any atom is -0.507 e. The van der Waals surface area contributed by atoms with Gasteiger partial charge in [0.1, 0.15) is 5.75 Å². The number of primary amides is 1. The molecule has 0 atom stereocenters. The number of carbonyl (C=O) groups excluding carboxylic acids is 2. The van der Waals surface area contributed by atoms with Crippen molar-refractivity contribution in [3.63, 3.8) is 0 Å². The monoisotopic (exact) mass is 271 g/mol. The number of carbonyl (C=O) groups is 2. The number of nitrogens with two attached hydrogens (primary N) is 1. The van der Waals surface area contributed by atoms with Gasteiger partial charge in [0.2, 0.25) is 0 Å². The van der Waals surface area contributed by atoms with Gasteiger partial charge in [0.25, 0.3) is 5.91 Å². The largest absolute Gasteiger partial charge is 0.507 e. The fourth-order valence-corrected chi connectivity index (χ4v) is 1.68. The highest BCUT2D eigenvalue weighted by Crippen LogP contribution is 2.19. The molecule has 3 amide bonds. The van der Waals surface area contributed by atoms with E-state index in [1.165, 1.54) is 12.1 Å². The molecule has 0 unspecified atom stereocenters. The molecule has 0 saturated heterocycles. The third-order valence-electron chi connectivity index (χ3n) is 2.54. The molecule has 6 nitrogen and oxygen atoms in total. The number of anilines is 2. The third-order valence-corrected chi connectivity index (χ3v) is 2.54. The van der Waals surface area contributed by atoms with Crippen molar-refractivity contribution < 1.29 is 14.7 Å². The van der Waals surface area contributed by atoms with Gasteiger partial charge in [-0.05, 0) is 30.3 Å². The average Bonchev–Trinajstić information content (AvgIpc) is 2.38. The van der Waals surface area contributed by atoms with E-state index in [1.54, 1.807) is 36.4 Å². The van der Waals surface area contributed by atoms with E-state index in [9.17, 15) is 14.7 Å². The molecular formula is C14H13N3O3. The van der Waals surface area contributed by atoms with Crippen LogP contribution in [0.15, 0.2) is 48.5 Å². The summed E-state index contributed by atoms with van der Waals surface area (Å²) in [5.74, 6) is -0.546. The number of amides is 3. The predicted molar refractivity (Wildman–Crippen MR) is 75.7 cm³/mol. The van der Waals surface area contributed by atoms with Gasteiger partial charge in [0.15, 0.2) is 0 Å². The van der Waals surface area contributed by atoms with Crippen LogP contribution in [0.2, 0.25) is 0 Å². The summed E-state index contributed by atoms with van der Waals surface area (Å²) in [5.41, 5.74) is 6.13. The second-order valence-corrected chi connectivity index (χ2v) is 4.04. The Labute approximate surface area is 115 Å². The molecule has 6 heteroatoms. The van der Waals surface area contributed by atoms with Crippen molar-refractivity contribution in [2.24, 2.45) is 5.73 Å². The van der Waals surface area contributed by atoms with E-state index >= 15 is 0 Å². The quantitative estimate of drug-likeness (QED) is 0.687. The number of nitrogens with one attached hydrogen (secondary N) is 2. The van der Waals surface area contributed by atoms with E-state index in [4.69, 9.17) is 5.73 Å². The van der Waals surface area contributed by atoms with Crippen LogP contribution in [0.1, 0.15) is 10.4 Å². The van der Waals surface area contributed by atoms with E-state index in [0.717, 1.165) is 0 Å². The van der Waals surface area contributed by atoms with Crippen LogP contribution in [0.5, 0.6) is 5.75 Å². The molecule has 0 fully saturated rings. The zero-order valence-corrected chi connectivity index (χ0v) is 10.5. The normalized spacial score (nSPS) is 9.80. The summed E-state index contributed by atoms with van der Waals surface area (Å²) in [6.07, 6.45) is 0. The molecule has 2 rings (SSSR count). The predicted octanol–water partition coefficient (Wildman–Crippen LogP) is 2.14. The summed E-state index contributed by atoms with van der Waals surface area (Å²) in [6, 6.07) is 12.0. The maximum Gasteiger partial charge on any atom is 0.316 e. The van der Waals surface area contributed by atoms with Gasteiger partial charge in [-0.3, -0.25) is 4.79 Å². The van der Waals surface area contributed by atoms with Crippen molar-refractivity contribution in [1.82, 2.24) is 0 Å². The third kappa shape index (κ3) is 3.26. The highest BCUT2D eigenvalue weighted by molar-refractivity contribution is 6.06. The zero-order valence-electron chi connectivity index (χ0n) is 10.5. The minimum absolute atomic E-state index is 0.101. The Morgan fingerprint density at radius 2 is 1.60 bits per heavy atom. The molecule has 2 aromatic carbocycles. The van der Waals surface area contributed by atoms with Gasteiger partial charge in [0, 0.05) is 11.4 Å². The highest BCUT2D eigenvalue weighted by Gasteiger charge is 2.10. The van der Waals surface area contributed by atoms with Crippen molar-refractivity contribution >= 4 is 23.3 Å². The number of rotatable bonds is 3. The van der Waals surface area contributed by atoms with E-state index < -0.39 is 11.9 Å². The lowest BCUT2D eigenvalue weighted by atomic mass is 10.2. The van der Waals surface area contributed by atoms with Crippen LogP contribution in [-0.4, -0.2) is 17.0 Å². The molecule has 0 spiro atoms. The molecule has 0 aromatic heterocycles. The molecule has 20 heavy (non-hydrogen) atoms. The summed E-state index contributed by atoms with van der Waals surface area (Å²) in [5, 5.41) is 14.6. The second-order valence-electron chi connectivity index (χ2n) is 4.04.